The molecule has 0 radical (unpaired) electrons. The van der Waals surface area contributed by atoms with Gasteiger partial charge in [-0.15, -0.1) is 0 Å². The number of halogens is 1. The Morgan fingerprint density at radius 1 is 1.16 bits per heavy atom. The van der Waals surface area contributed by atoms with Crippen molar-refractivity contribution in [2.24, 2.45) is 5.92 Å². The van der Waals surface area contributed by atoms with Gasteiger partial charge in [-0.2, -0.15) is 0 Å². The molecule has 1 fully saturated rings. The number of hydrogen-bond donors (Lipinski definition) is 0. The highest BCUT2D eigenvalue weighted by Gasteiger charge is 2.31. The monoisotopic (exact) mass is 422 g/mol. The maximum absolute atomic E-state index is 14.1. The quantitative estimate of drug-likeness (QED) is 0.564. The van der Waals surface area contributed by atoms with E-state index in [2.05, 4.69) is 4.98 Å². The molecule has 1 aromatic heterocycles. The molecule has 1 aliphatic rings. The van der Waals surface area contributed by atoms with Crippen molar-refractivity contribution >= 4 is 11.9 Å². The molecule has 7 heteroatoms. The van der Waals surface area contributed by atoms with Gasteiger partial charge in [0.1, 0.15) is 5.82 Å². The lowest BCUT2D eigenvalue weighted by Gasteiger charge is -2.31. The van der Waals surface area contributed by atoms with Gasteiger partial charge in [0.05, 0.1) is 29.8 Å². The minimum atomic E-state index is -0.409. The van der Waals surface area contributed by atoms with Crippen LogP contribution in [-0.4, -0.2) is 41.5 Å². The molecule has 0 N–H and O–H groups in total. The second-order valence-corrected chi connectivity index (χ2v) is 7.40. The zero-order valence-electron chi connectivity index (χ0n) is 17.2. The number of carbonyl (C=O) groups is 2. The summed E-state index contributed by atoms with van der Waals surface area (Å²) in [7, 11) is 0. The van der Waals surface area contributed by atoms with E-state index in [4.69, 9.17) is 9.15 Å². The molecule has 0 saturated carbocycles. The van der Waals surface area contributed by atoms with Crippen molar-refractivity contribution in [3.05, 3.63) is 66.1 Å². The summed E-state index contributed by atoms with van der Waals surface area (Å²) in [5.74, 6) is -0.672. The second-order valence-electron chi connectivity index (χ2n) is 7.40. The number of ether oxygens (including phenoxy) is 1. The number of aromatic nitrogens is 1. The normalized spacial score (nSPS) is 16.2. The summed E-state index contributed by atoms with van der Waals surface area (Å²) in [5, 5.41) is 0. The van der Waals surface area contributed by atoms with Gasteiger partial charge in [-0.05, 0) is 44.0 Å². The zero-order chi connectivity index (χ0) is 21.8. The van der Waals surface area contributed by atoms with Crippen molar-refractivity contribution < 1.29 is 23.1 Å². The third kappa shape index (κ3) is 4.35. The number of oxazole rings is 1. The first kappa shape index (κ1) is 20.8. The van der Waals surface area contributed by atoms with Crippen LogP contribution in [0.3, 0.4) is 0 Å². The summed E-state index contributed by atoms with van der Waals surface area (Å²) >= 11 is 0. The van der Waals surface area contributed by atoms with Gasteiger partial charge < -0.3 is 14.1 Å². The van der Waals surface area contributed by atoms with Gasteiger partial charge in [0, 0.05) is 18.7 Å². The summed E-state index contributed by atoms with van der Waals surface area (Å²) in [6, 6.07) is 13.3. The van der Waals surface area contributed by atoms with Crippen molar-refractivity contribution in [3.63, 3.8) is 0 Å². The Hall–Kier alpha value is -3.48. The Morgan fingerprint density at radius 3 is 2.68 bits per heavy atom. The minimum absolute atomic E-state index is 0.199. The molecule has 1 saturated heterocycles. The van der Waals surface area contributed by atoms with Crippen molar-refractivity contribution in [3.8, 4) is 22.8 Å². The summed E-state index contributed by atoms with van der Waals surface area (Å²) < 4.78 is 25.0. The number of rotatable bonds is 5. The molecular formula is C24H23FN2O4. The van der Waals surface area contributed by atoms with E-state index in [0.717, 1.165) is 6.42 Å². The second kappa shape index (κ2) is 9.12. The first-order chi connectivity index (χ1) is 15.1. The molecule has 3 aromatic rings. The number of piperidine rings is 1. The van der Waals surface area contributed by atoms with Gasteiger partial charge in [0.2, 0.25) is 5.89 Å². The van der Waals surface area contributed by atoms with Crippen LogP contribution in [0, 0.1) is 11.7 Å². The van der Waals surface area contributed by atoms with E-state index in [1.54, 1.807) is 54.3 Å². The van der Waals surface area contributed by atoms with Crippen molar-refractivity contribution in [1.82, 2.24) is 9.88 Å². The fourth-order valence-electron chi connectivity index (χ4n) is 3.82. The number of benzene rings is 2. The highest BCUT2D eigenvalue weighted by Crippen LogP contribution is 2.30. The first-order valence-corrected chi connectivity index (χ1v) is 10.3. The van der Waals surface area contributed by atoms with Crippen LogP contribution in [0.15, 0.2) is 59.1 Å². The molecule has 1 atom stereocenters. The maximum Gasteiger partial charge on any atom is 0.310 e. The number of hydrogen-bond acceptors (Lipinski definition) is 5. The number of nitrogens with zero attached hydrogens (tertiary/aromatic N) is 2. The molecule has 1 amide bonds. The van der Waals surface area contributed by atoms with E-state index in [9.17, 15) is 14.0 Å². The van der Waals surface area contributed by atoms with Crippen molar-refractivity contribution in [1.29, 1.82) is 0 Å². The Labute approximate surface area is 179 Å². The smallest absolute Gasteiger partial charge is 0.310 e. The lowest BCUT2D eigenvalue weighted by Crippen LogP contribution is -2.43. The largest absolute Gasteiger partial charge is 0.466 e. The van der Waals surface area contributed by atoms with Crippen LogP contribution in [0.2, 0.25) is 0 Å². The minimum Gasteiger partial charge on any atom is -0.466 e. The molecule has 1 aliphatic heterocycles. The van der Waals surface area contributed by atoms with E-state index in [-0.39, 0.29) is 29.4 Å². The zero-order valence-corrected chi connectivity index (χ0v) is 17.2. The van der Waals surface area contributed by atoms with Crippen LogP contribution < -0.4 is 0 Å². The lowest BCUT2D eigenvalue weighted by atomic mass is 9.96. The van der Waals surface area contributed by atoms with Gasteiger partial charge in [-0.25, -0.2) is 9.37 Å². The Balaban J connectivity index is 1.60. The number of likely N-dealkylation sites (tertiary alicyclic amines) is 1. The molecule has 2 aromatic carbocycles. The van der Waals surface area contributed by atoms with E-state index >= 15 is 0 Å². The molecule has 0 bridgehead atoms. The first-order valence-electron chi connectivity index (χ1n) is 10.3. The van der Waals surface area contributed by atoms with Gasteiger partial charge in [-0.1, -0.05) is 24.3 Å². The van der Waals surface area contributed by atoms with Crippen LogP contribution in [0.5, 0.6) is 0 Å². The third-order valence-corrected chi connectivity index (χ3v) is 5.36. The SMILES string of the molecule is CCOC(=O)[C@@H]1CCCN(C(=O)c2ccccc2-c2ncc(-c3ccccc3F)o2)C1. The summed E-state index contributed by atoms with van der Waals surface area (Å²) in [4.78, 5) is 31.4. The molecule has 2 heterocycles. The number of amides is 1. The van der Waals surface area contributed by atoms with Gasteiger partial charge in [0.25, 0.3) is 5.91 Å². The highest BCUT2D eigenvalue weighted by atomic mass is 19.1. The summed E-state index contributed by atoms with van der Waals surface area (Å²) in [5.41, 5.74) is 1.25. The maximum atomic E-state index is 14.1. The molecule has 6 nitrogen and oxygen atoms in total. The molecule has 160 valence electrons. The van der Waals surface area contributed by atoms with E-state index in [1.165, 1.54) is 12.3 Å². The predicted molar refractivity (Wildman–Crippen MR) is 113 cm³/mol. The summed E-state index contributed by atoms with van der Waals surface area (Å²) in [6.45, 7) is 2.97. The van der Waals surface area contributed by atoms with Gasteiger partial charge in [0.15, 0.2) is 5.76 Å². The molecule has 0 spiro atoms. The fourth-order valence-corrected chi connectivity index (χ4v) is 3.82. The number of esters is 1. The Kier molecular flexibility index (Phi) is 6.11. The Morgan fingerprint density at radius 2 is 1.90 bits per heavy atom. The van der Waals surface area contributed by atoms with Gasteiger partial charge >= 0.3 is 5.97 Å². The van der Waals surface area contributed by atoms with E-state index in [0.29, 0.717) is 42.8 Å². The average Bonchev–Trinajstić information content (AvgIpc) is 3.29. The van der Waals surface area contributed by atoms with Crippen molar-refractivity contribution in [2.45, 2.75) is 19.8 Å². The van der Waals surface area contributed by atoms with Crippen LogP contribution in [-0.2, 0) is 9.53 Å². The summed E-state index contributed by atoms with van der Waals surface area (Å²) in [6.07, 6.45) is 2.89. The van der Waals surface area contributed by atoms with Crippen LogP contribution >= 0.6 is 0 Å². The van der Waals surface area contributed by atoms with E-state index in [1.807, 2.05) is 0 Å². The molecule has 0 aliphatic carbocycles. The lowest BCUT2D eigenvalue weighted by molar-refractivity contribution is -0.149. The van der Waals surface area contributed by atoms with Crippen LogP contribution in [0.4, 0.5) is 4.39 Å². The number of carbonyl (C=O) groups excluding carboxylic acids is 2. The highest BCUT2D eigenvalue weighted by molar-refractivity contribution is 6.00. The standard InChI is InChI=1S/C24H23FN2O4/c1-2-30-24(29)16-8-7-13-27(15-16)23(28)18-10-4-3-9-17(18)22-26-14-21(31-22)19-11-5-6-12-20(19)25/h3-6,9-12,14,16H,2,7-8,13,15H2,1H3/t16-/m1/s1. The van der Waals surface area contributed by atoms with Crippen molar-refractivity contribution in [2.75, 3.05) is 19.7 Å². The molecule has 31 heavy (non-hydrogen) atoms. The predicted octanol–water partition coefficient (Wildman–Crippen LogP) is 4.56. The Bertz CT molecular complexity index is 1090. The average molecular weight is 422 g/mol. The van der Waals surface area contributed by atoms with Gasteiger partial charge in [-0.3, -0.25) is 9.59 Å². The molecular weight excluding hydrogens is 399 g/mol. The third-order valence-electron chi connectivity index (χ3n) is 5.36. The topological polar surface area (TPSA) is 72.6 Å². The van der Waals surface area contributed by atoms with Crippen LogP contribution in [0.25, 0.3) is 22.8 Å². The van der Waals surface area contributed by atoms with E-state index < -0.39 is 5.82 Å². The molecule has 4 rings (SSSR count). The van der Waals surface area contributed by atoms with Crippen LogP contribution in [0.1, 0.15) is 30.1 Å². The fraction of sp³-hybridized carbons (Fsp3) is 0.292. The molecule has 0 unspecified atom stereocenters.